The first-order valence-corrected chi connectivity index (χ1v) is 18.4. The van der Waals surface area contributed by atoms with E-state index in [1.807, 2.05) is 31.2 Å². The van der Waals surface area contributed by atoms with Gasteiger partial charge in [0.15, 0.2) is 8.32 Å². The summed E-state index contributed by atoms with van der Waals surface area (Å²) in [4.78, 5) is 14.6. The molecule has 0 radical (unpaired) electrons. The minimum absolute atomic E-state index is 0.194. The summed E-state index contributed by atoms with van der Waals surface area (Å²) in [6, 6.07) is 20.7. The summed E-state index contributed by atoms with van der Waals surface area (Å²) in [7, 11) is -1.78. The molecule has 0 amide bonds. The zero-order valence-corrected chi connectivity index (χ0v) is 28.3. The fourth-order valence-electron chi connectivity index (χ4n) is 4.77. The SMILES string of the molecule is CCOC(=O)c1ccc(-c2ccc(OCCCO[Si](C)(C)C(C)(C)C)c(-c3ccc(N(CC)CC)c(CC)c3)c2)cc1. The Morgan fingerprint density at radius 3 is 2.05 bits per heavy atom. The molecule has 0 saturated carbocycles. The van der Waals surface area contributed by atoms with Crippen molar-refractivity contribution in [3.63, 3.8) is 0 Å². The first-order valence-electron chi connectivity index (χ1n) is 15.5. The maximum absolute atomic E-state index is 12.2. The van der Waals surface area contributed by atoms with Gasteiger partial charge in [-0.25, -0.2) is 4.79 Å². The first-order chi connectivity index (χ1) is 19.9. The number of hydrogen-bond acceptors (Lipinski definition) is 5. The molecule has 42 heavy (non-hydrogen) atoms. The lowest BCUT2D eigenvalue weighted by Crippen LogP contribution is -2.41. The van der Waals surface area contributed by atoms with Gasteiger partial charge in [0, 0.05) is 37.4 Å². The van der Waals surface area contributed by atoms with Crippen LogP contribution in [-0.4, -0.2) is 47.2 Å². The third kappa shape index (κ3) is 8.26. The van der Waals surface area contributed by atoms with E-state index in [0.29, 0.717) is 25.4 Å². The third-order valence-corrected chi connectivity index (χ3v) is 12.9. The molecule has 0 aliphatic rings. The van der Waals surface area contributed by atoms with Crippen molar-refractivity contribution in [2.24, 2.45) is 0 Å². The molecular formula is C36H51NO4Si. The minimum Gasteiger partial charge on any atom is -0.493 e. The van der Waals surface area contributed by atoms with Gasteiger partial charge in [0.2, 0.25) is 0 Å². The van der Waals surface area contributed by atoms with Gasteiger partial charge in [-0.3, -0.25) is 0 Å². The van der Waals surface area contributed by atoms with Gasteiger partial charge in [0.1, 0.15) is 5.75 Å². The van der Waals surface area contributed by atoms with Crippen molar-refractivity contribution >= 4 is 20.0 Å². The highest BCUT2D eigenvalue weighted by Crippen LogP contribution is 2.38. The summed E-state index contributed by atoms with van der Waals surface area (Å²) in [6.07, 6.45) is 1.79. The van der Waals surface area contributed by atoms with E-state index in [0.717, 1.165) is 53.9 Å². The number of anilines is 1. The van der Waals surface area contributed by atoms with Gasteiger partial charge in [-0.15, -0.1) is 0 Å². The van der Waals surface area contributed by atoms with Crippen molar-refractivity contribution in [2.75, 3.05) is 37.8 Å². The second-order valence-electron chi connectivity index (χ2n) is 12.2. The van der Waals surface area contributed by atoms with Gasteiger partial charge in [-0.2, -0.15) is 0 Å². The molecule has 0 fully saturated rings. The number of carbonyl (C=O) groups is 1. The Morgan fingerprint density at radius 1 is 0.810 bits per heavy atom. The molecule has 0 unspecified atom stereocenters. The molecule has 6 heteroatoms. The molecule has 5 nitrogen and oxygen atoms in total. The summed E-state index contributed by atoms with van der Waals surface area (Å²) >= 11 is 0. The number of esters is 1. The molecule has 0 heterocycles. The lowest BCUT2D eigenvalue weighted by atomic mass is 9.95. The Morgan fingerprint density at radius 2 is 1.45 bits per heavy atom. The summed E-state index contributed by atoms with van der Waals surface area (Å²) in [5, 5.41) is 0.194. The van der Waals surface area contributed by atoms with Crippen LogP contribution < -0.4 is 9.64 Å². The zero-order valence-electron chi connectivity index (χ0n) is 27.3. The van der Waals surface area contributed by atoms with E-state index in [9.17, 15) is 4.79 Å². The lowest BCUT2D eigenvalue weighted by Gasteiger charge is -2.36. The standard InChI is InChI=1S/C36H51NO4Si/c1-10-27-25-31(19-21-33(27)37(11-2)12-3)32-26-30(28-15-17-29(18-16-28)35(38)39-13-4)20-22-34(32)40-23-14-24-41-42(8,9)36(5,6)7/h15-22,25-26H,10-14,23-24H2,1-9H3. The Kier molecular flexibility index (Phi) is 11.8. The molecule has 228 valence electrons. The Labute approximate surface area is 255 Å². The van der Waals surface area contributed by atoms with Crippen molar-refractivity contribution < 1.29 is 18.7 Å². The van der Waals surface area contributed by atoms with Gasteiger partial charge in [0.05, 0.1) is 18.8 Å². The molecule has 3 aromatic carbocycles. The fraction of sp³-hybridized carbons (Fsp3) is 0.472. The molecule has 0 N–H and O–H groups in total. The van der Waals surface area contributed by atoms with Crippen molar-refractivity contribution in [1.29, 1.82) is 0 Å². The second kappa shape index (κ2) is 14.9. The average molecular weight is 590 g/mol. The number of carbonyl (C=O) groups excluding carboxylic acids is 1. The highest BCUT2D eigenvalue weighted by Gasteiger charge is 2.36. The van der Waals surface area contributed by atoms with Gasteiger partial charge in [-0.1, -0.05) is 52.0 Å². The summed E-state index contributed by atoms with van der Waals surface area (Å²) < 4.78 is 17.9. The molecule has 3 aromatic rings. The minimum atomic E-state index is -1.78. The average Bonchev–Trinajstić information content (AvgIpc) is 2.97. The Hall–Kier alpha value is -3.09. The monoisotopic (exact) mass is 589 g/mol. The second-order valence-corrected chi connectivity index (χ2v) is 17.0. The number of hydrogen-bond donors (Lipinski definition) is 0. The lowest BCUT2D eigenvalue weighted by molar-refractivity contribution is 0.0526. The van der Waals surface area contributed by atoms with Crippen LogP contribution in [0.1, 0.15) is 70.8 Å². The van der Waals surface area contributed by atoms with Crippen molar-refractivity contribution in [2.45, 2.75) is 79.4 Å². The van der Waals surface area contributed by atoms with Gasteiger partial charge in [0.25, 0.3) is 0 Å². The topological polar surface area (TPSA) is 48.0 Å². The van der Waals surface area contributed by atoms with Crippen LogP contribution in [0.4, 0.5) is 5.69 Å². The molecule has 0 aromatic heterocycles. The predicted octanol–water partition coefficient (Wildman–Crippen LogP) is 9.40. The predicted molar refractivity (Wildman–Crippen MR) is 179 cm³/mol. The third-order valence-electron chi connectivity index (χ3n) is 8.40. The van der Waals surface area contributed by atoms with Crippen LogP contribution in [0.2, 0.25) is 18.1 Å². The van der Waals surface area contributed by atoms with Crippen LogP contribution in [0.5, 0.6) is 5.75 Å². The van der Waals surface area contributed by atoms with Gasteiger partial charge >= 0.3 is 5.97 Å². The molecule has 0 bridgehead atoms. The van der Waals surface area contributed by atoms with Gasteiger partial charge < -0.3 is 18.8 Å². The molecule has 3 rings (SSSR count). The molecule has 0 spiro atoms. The van der Waals surface area contributed by atoms with E-state index in [1.165, 1.54) is 11.3 Å². The first kappa shape index (κ1) is 33.4. The number of rotatable bonds is 14. The summed E-state index contributed by atoms with van der Waals surface area (Å²) in [6.45, 7) is 23.4. The van der Waals surface area contributed by atoms with Gasteiger partial charge in [-0.05, 0) is 104 Å². The maximum Gasteiger partial charge on any atom is 0.338 e. The number of ether oxygens (including phenoxy) is 2. The fourth-order valence-corrected chi connectivity index (χ4v) is 5.86. The number of aryl methyl sites for hydroxylation is 1. The highest BCUT2D eigenvalue weighted by molar-refractivity contribution is 6.74. The van der Waals surface area contributed by atoms with Crippen LogP contribution >= 0.6 is 0 Å². The summed E-state index contributed by atoms with van der Waals surface area (Å²) in [5.41, 5.74) is 7.49. The Bertz CT molecular complexity index is 1310. The molecule has 0 aliphatic carbocycles. The van der Waals surface area contributed by atoms with Crippen molar-refractivity contribution in [1.82, 2.24) is 0 Å². The smallest absolute Gasteiger partial charge is 0.338 e. The quantitative estimate of drug-likeness (QED) is 0.106. The largest absolute Gasteiger partial charge is 0.493 e. The zero-order chi connectivity index (χ0) is 30.9. The Balaban J connectivity index is 1.92. The summed E-state index contributed by atoms with van der Waals surface area (Å²) in [5.74, 6) is 0.568. The molecule has 0 atom stereocenters. The number of benzene rings is 3. The van der Waals surface area contributed by atoms with Crippen LogP contribution in [0.25, 0.3) is 22.3 Å². The number of nitrogens with zero attached hydrogens (tertiary/aromatic N) is 1. The van der Waals surface area contributed by atoms with E-state index in [4.69, 9.17) is 13.9 Å². The van der Waals surface area contributed by atoms with E-state index >= 15 is 0 Å². The van der Waals surface area contributed by atoms with Crippen molar-refractivity contribution in [3.8, 4) is 28.0 Å². The van der Waals surface area contributed by atoms with Crippen LogP contribution in [0.15, 0.2) is 60.7 Å². The molecule has 0 aliphatic heterocycles. The van der Waals surface area contributed by atoms with E-state index in [1.54, 1.807) is 0 Å². The van der Waals surface area contributed by atoms with E-state index < -0.39 is 8.32 Å². The van der Waals surface area contributed by atoms with Crippen LogP contribution in [0, 0.1) is 0 Å². The molecular weight excluding hydrogens is 538 g/mol. The van der Waals surface area contributed by atoms with Crippen LogP contribution in [-0.2, 0) is 15.6 Å². The van der Waals surface area contributed by atoms with Crippen molar-refractivity contribution in [3.05, 3.63) is 71.8 Å². The normalized spacial score (nSPS) is 11.8. The highest BCUT2D eigenvalue weighted by atomic mass is 28.4. The molecule has 0 saturated heterocycles. The van der Waals surface area contributed by atoms with E-state index in [2.05, 4.69) is 95.9 Å². The maximum atomic E-state index is 12.2. The van der Waals surface area contributed by atoms with Crippen LogP contribution in [0.3, 0.4) is 0 Å². The van der Waals surface area contributed by atoms with E-state index in [-0.39, 0.29) is 11.0 Å².